The van der Waals surface area contributed by atoms with Crippen LogP contribution in [0.1, 0.15) is 32.6 Å². The highest BCUT2D eigenvalue weighted by molar-refractivity contribution is 5.59. The molecule has 0 fully saturated rings. The highest BCUT2D eigenvalue weighted by Crippen LogP contribution is 2.05. The molecule has 0 aromatic rings. The molecule has 0 aromatic carbocycles. The molecule has 0 spiro atoms. The molecule has 1 aliphatic heterocycles. The van der Waals surface area contributed by atoms with Gasteiger partial charge in [-0.15, -0.1) is 0 Å². The quantitative estimate of drug-likeness (QED) is 0.609. The van der Waals surface area contributed by atoms with E-state index in [0.717, 1.165) is 6.42 Å². The van der Waals surface area contributed by atoms with Crippen LogP contribution in [0.15, 0.2) is 5.10 Å². The van der Waals surface area contributed by atoms with Gasteiger partial charge in [0.05, 0.1) is 0 Å². The van der Waals surface area contributed by atoms with Crippen molar-refractivity contribution in [2.45, 2.75) is 38.6 Å². The van der Waals surface area contributed by atoms with Crippen LogP contribution < -0.4 is 5.43 Å². The Morgan fingerprint density at radius 1 is 1.78 bits per heavy atom. The second-order valence-corrected chi connectivity index (χ2v) is 2.52. The number of rotatable bonds is 3. The summed E-state index contributed by atoms with van der Waals surface area (Å²) in [6.45, 7) is 2.22. The lowest BCUT2D eigenvalue weighted by molar-refractivity contribution is 0.518. The van der Waals surface area contributed by atoms with E-state index in [1.807, 2.05) is 6.21 Å². The van der Waals surface area contributed by atoms with Crippen molar-refractivity contribution in [1.29, 1.82) is 0 Å². The van der Waals surface area contributed by atoms with Crippen molar-refractivity contribution >= 4 is 6.21 Å². The van der Waals surface area contributed by atoms with E-state index in [9.17, 15) is 0 Å². The molecule has 0 saturated heterocycles. The van der Waals surface area contributed by atoms with E-state index in [0.29, 0.717) is 6.04 Å². The van der Waals surface area contributed by atoms with Gasteiger partial charge in [0.2, 0.25) is 0 Å². The lowest BCUT2D eigenvalue weighted by Crippen LogP contribution is -2.18. The molecule has 1 rings (SSSR count). The SMILES string of the molecule is CCCCC1CC=NN1. The Kier molecular flexibility index (Phi) is 2.55. The number of nitrogens with one attached hydrogen (secondary N) is 1. The standard InChI is InChI=1S/C7H14N2/c1-2-3-4-7-5-6-8-9-7/h6-7,9H,2-5H2,1H3. The monoisotopic (exact) mass is 126 g/mol. The van der Waals surface area contributed by atoms with Gasteiger partial charge in [0.1, 0.15) is 0 Å². The molecule has 0 bridgehead atoms. The molecule has 52 valence electrons. The van der Waals surface area contributed by atoms with Crippen molar-refractivity contribution in [2.24, 2.45) is 5.10 Å². The van der Waals surface area contributed by atoms with Gasteiger partial charge in [0.25, 0.3) is 0 Å². The van der Waals surface area contributed by atoms with Crippen LogP contribution in [0.2, 0.25) is 0 Å². The molecule has 1 N–H and O–H groups in total. The predicted molar refractivity (Wildman–Crippen MR) is 39.6 cm³/mol. The third-order valence-electron chi connectivity index (χ3n) is 1.64. The van der Waals surface area contributed by atoms with E-state index in [-0.39, 0.29) is 0 Å². The van der Waals surface area contributed by atoms with E-state index < -0.39 is 0 Å². The van der Waals surface area contributed by atoms with Gasteiger partial charge in [0, 0.05) is 18.7 Å². The Morgan fingerprint density at radius 2 is 2.67 bits per heavy atom. The molecule has 0 amide bonds. The topological polar surface area (TPSA) is 24.4 Å². The van der Waals surface area contributed by atoms with Gasteiger partial charge in [-0.1, -0.05) is 19.8 Å². The first-order valence-electron chi connectivity index (χ1n) is 3.70. The van der Waals surface area contributed by atoms with Gasteiger partial charge in [-0.25, -0.2) is 0 Å². The maximum Gasteiger partial charge on any atom is 0.0490 e. The van der Waals surface area contributed by atoms with E-state index >= 15 is 0 Å². The molecule has 1 heterocycles. The van der Waals surface area contributed by atoms with E-state index in [4.69, 9.17) is 0 Å². The van der Waals surface area contributed by atoms with Crippen LogP contribution in [-0.2, 0) is 0 Å². The molecule has 1 aliphatic rings. The van der Waals surface area contributed by atoms with Gasteiger partial charge in [0.15, 0.2) is 0 Å². The minimum absolute atomic E-state index is 0.643. The van der Waals surface area contributed by atoms with Gasteiger partial charge in [-0.3, -0.25) is 0 Å². The largest absolute Gasteiger partial charge is 0.307 e. The molecule has 9 heavy (non-hydrogen) atoms. The Labute approximate surface area is 56.3 Å². The molecule has 1 unspecified atom stereocenters. The van der Waals surface area contributed by atoms with Crippen molar-refractivity contribution in [3.05, 3.63) is 0 Å². The van der Waals surface area contributed by atoms with Crippen LogP contribution in [0, 0.1) is 0 Å². The zero-order valence-electron chi connectivity index (χ0n) is 5.93. The summed E-state index contributed by atoms with van der Waals surface area (Å²) in [6, 6.07) is 0.643. The zero-order chi connectivity index (χ0) is 6.53. The summed E-state index contributed by atoms with van der Waals surface area (Å²) < 4.78 is 0. The van der Waals surface area contributed by atoms with Crippen molar-refractivity contribution in [1.82, 2.24) is 5.43 Å². The smallest absolute Gasteiger partial charge is 0.0490 e. The predicted octanol–water partition coefficient (Wildman–Crippen LogP) is 1.52. The van der Waals surface area contributed by atoms with E-state index in [2.05, 4.69) is 17.5 Å². The third kappa shape index (κ3) is 2.04. The summed E-state index contributed by atoms with van der Waals surface area (Å²) >= 11 is 0. The highest BCUT2D eigenvalue weighted by atomic mass is 15.3. The number of nitrogens with zero attached hydrogens (tertiary/aromatic N) is 1. The Bertz CT molecular complexity index is 91.1. The lowest BCUT2D eigenvalue weighted by Gasteiger charge is -2.06. The first-order chi connectivity index (χ1) is 4.43. The van der Waals surface area contributed by atoms with E-state index in [1.54, 1.807) is 0 Å². The number of hydrazone groups is 1. The highest BCUT2D eigenvalue weighted by Gasteiger charge is 2.07. The molecular weight excluding hydrogens is 112 g/mol. The van der Waals surface area contributed by atoms with Crippen molar-refractivity contribution < 1.29 is 0 Å². The second-order valence-electron chi connectivity index (χ2n) is 2.52. The van der Waals surface area contributed by atoms with Gasteiger partial charge < -0.3 is 5.43 Å². The second kappa shape index (κ2) is 3.49. The van der Waals surface area contributed by atoms with Crippen LogP contribution in [-0.4, -0.2) is 12.3 Å². The Hall–Kier alpha value is -0.530. The average molecular weight is 126 g/mol. The van der Waals surface area contributed by atoms with Crippen LogP contribution in [0.3, 0.4) is 0 Å². The molecule has 0 aliphatic carbocycles. The molecule has 2 nitrogen and oxygen atoms in total. The minimum Gasteiger partial charge on any atom is -0.307 e. The van der Waals surface area contributed by atoms with Crippen LogP contribution in [0.5, 0.6) is 0 Å². The molecule has 1 atom stereocenters. The summed E-state index contributed by atoms with van der Waals surface area (Å²) in [6.07, 6.45) is 6.97. The van der Waals surface area contributed by atoms with Crippen molar-refractivity contribution in [2.75, 3.05) is 0 Å². The summed E-state index contributed by atoms with van der Waals surface area (Å²) in [5.74, 6) is 0. The van der Waals surface area contributed by atoms with Crippen LogP contribution in [0.25, 0.3) is 0 Å². The summed E-state index contributed by atoms with van der Waals surface area (Å²) in [7, 11) is 0. The number of unbranched alkanes of at least 4 members (excludes halogenated alkanes) is 1. The molecular formula is C7H14N2. The number of hydrogen-bond acceptors (Lipinski definition) is 2. The maximum absolute atomic E-state index is 3.94. The Balaban J connectivity index is 2.01. The van der Waals surface area contributed by atoms with Gasteiger partial charge >= 0.3 is 0 Å². The van der Waals surface area contributed by atoms with Gasteiger partial charge in [-0.05, 0) is 6.42 Å². The zero-order valence-corrected chi connectivity index (χ0v) is 5.93. The van der Waals surface area contributed by atoms with Gasteiger partial charge in [-0.2, -0.15) is 5.10 Å². The fourth-order valence-electron chi connectivity index (χ4n) is 1.02. The summed E-state index contributed by atoms with van der Waals surface area (Å²) in [5.41, 5.74) is 3.06. The minimum atomic E-state index is 0.643. The van der Waals surface area contributed by atoms with Crippen molar-refractivity contribution in [3.8, 4) is 0 Å². The maximum atomic E-state index is 3.94. The number of hydrogen-bond donors (Lipinski definition) is 1. The average Bonchev–Trinajstić information content (AvgIpc) is 2.34. The molecule has 2 heteroatoms. The summed E-state index contributed by atoms with van der Waals surface area (Å²) in [5, 5.41) is 3.94. The van der Waals surface area contributed by atoms with Crippen molar-refractivity contribution in [3.63, 3.8) is 0 Å². The lowest BCUT2D eigenvalue weighted by atomic mass is 10.1. The Morgan fingerprint density at radius 3 is 3.22 bits per heavy atom. The third-order valence-corrected chi connectivity index (χ3v) is 1.64. The molecule has 0 saturated carbocycles. The fraction of sp³-hybridized carbons (Fsp3) is 0.857. The first-order valence-corrected chi connectivity index (χ1v) is 3.70. The first kappa shape index (κ1) is 6.59. The molecule has 0 radical (unpaired) electrons. The fourth-order valence-corrected chi connectivity index (χ4v) is 1.02. The normalized spacial score (nSPS) is 24.3. The molecule has 0 aromatic heterocycles. The summed E-state index contributed by atoms with van der Waals surface area (Å²) in [4.78, 5) is 0. The van der Waals surface area contributed by atoms with Crippen LogP contribution in [0.4, 0.5) is 0 Å². The van der Waals surface area contributed by atoms with E-state index in [1.165, 1.54) is 19.3 Å². The van der Waals surface area contributed by atoms with Crippen LogP contribution >= 0.6 is 0 Å².